The minimum absolute atomic E-state index is 0. The lowest BCUT2D eigenvalue weighted by Crippen LogP contribution is -2.52. The van der Waals surface area contributed by atoms with Gasteiger partial charge >= 0.3 is 0 Å². The normalized spacial score (nSPS) is 21.5. The van der Waals surface area contributed by atoms with Gasteiger partial charge in [0, 0.05) is 45.1 Å². The van der Waals surface area contributed by atoms with Crippen molar-refractivity contribution in [1.29, 1.82) is 0 Å². The number of nitrogens with zero attached hydrogens (tertiary/aromatic N) is 4. The van der Waals surface area contributed by atoms with E-state index in [4.69, 9.17) is 11.6 Å². The standard InChI is InChI=1S/C17H22ClN5O.ClH/c18-13-3-4-16-20-14(12-23(16)10-13)11-21-6-8-22(9-7-21)17(24)15-2-1-5-19-15;/h3-4,10,12,15,19H,1-2,5-9,11H2;1H. The number of halogens is 2. The molecule has 4 rings (SSSR count). The predicted octanol–water partition coefficient (Wildman–Crippen LogP) is 1.81. The van der Waals surface area contributed by atoms with E-state index in [9.17, 15) is 4.79 Å². The first kappa shape index (κ1) is 18.5. The summed E-state index contributed by atoms with van der Waals surface area (Å²) in [5.41, 5.74) is 1.95. The zero-order chi connectivity index (χ0) is 16.5. The molecule has 2 fully saturated rings. The second-order valence-electron chi connectivity index (χ2n) is 6.60. The van der Waals surface area contributed by atoms with Crippen LogP contribution in [-0.4, -0.2) is 63.9 Å². The fraction of sp³-hybridized carbons (Fsp3) is 0.529. The lowest BCUT2D eigenvalue weighted by Gasteiger charge is -2.35. The van der Waals surface area contributed by atoms with Crippen LogP contribution in [0.2, 0.25) is 5.02 Å². The molecule has 8 heteroatoms. The van der Waals surface area contributed by atoms with Crippen molar-refractivity contribution in [2.45, 2.75) is 25.4 Å². The molecule has 2 aliphatic heterocycles. The highest BCUT2D eigenvalue weighted by molar-refractivity contribution is 6.30. The minimum Gasteiger partial charge on any atom is -0.339 e. The minimum atomic E-state index is 0. The molecule has 0 aromatic carbocycles. The van der Waals surface area contributed by atoms with Gasteiger partial charge in [-0.25, -0.2) is 4.98 Å². The van der Waals surface area contributed by atoms with E-state index in [0.717, 1.165) is 63.5 Å². The van der Waals surface area contributed by atoms with Crippen LogP contribution in [0.5, 0.6) is 0 Å². The Labute approximate surface area is 158 Å². The number of nitrogens with one attached hydrogen (secondary N) is 1. The SMILES string of the molecule is Cl.O=C(C1CCCN1)N1CCN(Cc2cn3cc(Cl)ccc3n2)CC1. The summed E-state index contributed by atoms with van der Waals surface area (Å²) in [6, 6.07) is 3.83. The van der Waals surface area contributed by atoms with Gasteiger partial charge in [0.25, 0.3) is 0 Å². The maximum Gasteiger partial charge on any atom is 0.239 e. The van der Waals surface area contributed by atoms with Crippen molar-refractivity contribution in [1.82, 2.24) is 24.5 Å². The third-order valence-electron chi connectivity index (χ3n) is 4.89. The van der Waals surface area contributed by atoms with Gasteiger partial charge in [0.05, 0.1) is 16.8 Å². The molecule has 0 saturated carbocycles. The number of imidazole rings is 1. The highest BCUT2D eigenvalue weighted by Crippen LogP contribution is 2.15. The Morgan fingerprint density at radius 2 is 2.04 bits per heavy atom. The number of aromatic nitrogens is 2. The van der Waals surface area contributed by atoms with Crippen molar-refractivity contribution in [3.05, 3.63) is 35.2 Å². The Bertz CT molecular complexity index is 736. The van der Waals surface area contributed by atoms with Gasteiger partial charge in [-0.3, -0.25) is 9.69 Å². The number of pyridine rings is 1. The van der Waals surface area contributed by atoms with E-state index in [1.807, 2.05) is 33.8 Å². The van der Waals surface area contributed by atoms with Crippen LogP contribution in [0.4, 0.5) is 0 Å². The van der Waals surface area contributed by atoms with E-state index in [1.54, 1.807) is 0 Å². The number of rotatable bonds is 3. The number of hydrogen-bond acceptors (Lipinski definition) is 4. The molecule has 0 spiro atoms. The van der Waals surface area contributed by atoms with Gasteiger partial charge in [-0.05, 0) is 31.5 Å². The van der Waals surface area contributed by atoms with E-state index >= 15 is 0 Å². The Kier molecular flexibility index (Phi) is 5.84. The quantitative estimate of drug-likeness (QED) is 0.877. The van der Waals surface area contributed by atoms with E-state index < -0.39 is 0 Å². The largest absolute Gasteiger partial charge is 0.339 e. The van der Waals surface area contributed by atoms with Crippen LogP contribution in [0.15, 0.2) is 24.5 Å². The molecule has 0 bridgehead atoms. The van der Waals surface area contributed by atoms with Crippen molar-refractivity contribution >= 4 is 35.6 Å². The number of carbonyl (C=O) groups excluding carboxylic acids is 1. The number of piperazine rings is 1. The van der Waals surface area contributed by atoms with Crippen LogP contribution in [-0.2, 0) is 11.3 Å². The highest BCUT2D eigenvalue weighted by Gasteiger charge is 2.29. The van der Waals surface area contributed by atoms with Crippen LogP contribution in [0.1, 0.15) is 18.5 Å². The number of carbonyl (C=O) groups is 1. The Balaban J connectivity index is 0.00000182. The van der Waals surface area contributed by atoms with Crippen LogP contribution in [0, 0.1) is 0 Å². The molecule has 1 unspecified atom stereocenters. The van der Waals surface area contributed by atoms with Gasteiger partial charge in [0.15, 0.2) is 0 Å². The molecule has 0 aliphatic carbocycles. The Hall–Kier alpha value is -1.34. The summed E-state index contributed by atoms with van der Waals surface area (Å²) < 4.78 is 1.96. The van der Waals surface area contributed by atoms with Crippen molar-refractivity contribution in [2.75, 3.05) is 32.7 Å². The molecule has 25 heavy (non-hydrogen) atoms. The molecule has 136 valence electrons. The van der Waals surface area contributed by atoms with E-state index in [-0.39, 0.29) is 24.4 Å². The average Bonchev–Trinajstić information content (AvgIpc) is 3.23. The van der Waals surface area contributed by atoms with Gasteiger partial charge < -0.3 is 14.6 Å². The Morgan fingerprint density at radius 1 is 1.24 bits per heavy atom. The molecule has 6 nitrogen and oxygen atoms in total. The molecular formula is C17H23Cl2N5O. The van der Waals surface area contributed by atoms with Crippen molar-refractivity contribution in [3.63, 3.8) is 0 Å². The maximum absolute atomic E-state index is 12.4. The van der Waals surface area contributed by atoms with E-state index in [0.29, 0.717) is 5.02 Å². The van der Waals surface area contributed by atoms with Crippen LogP contribution < -0.4 is 5.32 Å². The van der Waals surface area contributed by atoms with E-state index in [1.165, 1.54) is 0 Å². The first-order valence-electron chi connectivity index (χ1n) is 8.57. The third kappa shape index (κ3) is 4.08. The summed E-state index contributed by atoms with van der Waals surface area (Å²) in [6.45, 7) is 5.17. The maximum atomic E-state index is 12.4. The zero-order valence-electron chi connectivity index (χ0n) is 14.0. The molecule has 2 aliphatic rings. The third-order valence-corrected chi connectivity index (χ3v) is 5.12. The fourth-order valence-corrected chi connectivity index (χ4v) is 3.73. The van der Waals surface area contributed by atoms with E-state index in [2.05, 4.69) is 15.2 Å². The zero-order valence-corrected chi connectivity index (χ0v) is 15.6. The van der Waals surface area contributed by atoms with Gasteiger partial charge in [-0.2, -0.15) is 0 Å². The van der Waals surface area contributed by atoms with Crippen molar-refractivity contribution in [3.8, 4) is 0 Å². The first-order valence-corrected chi connectivity index (χ1v) is 8.94. The number of hydrogen-bond donors (Lipinski definition) is 1. The summed E-state index contributed by atoms with van der Waals surface area (Å²) in [7, 11) is 0. The lowest BCUT2D eigenvalue weighted by atomic mass is 10.2. The van der Waals surface area contributed by atoms with Crippen molar-refractivity contribution < 1.29 is 4.79 Å². The molecular weight excluding hydrogens is 361 g/mol. The summed E-state index contributed by atoms with van der Waals surface area (Å²) in [5.74, 6) is 0.273. The fourth-order valence-electron chi connectivity index (χ4n) is 3.56. The monoisotopic (exact) mass is 383 g/mol. The molecule has 2 aromatic heterocycles. The molecule has 4 heterocycles. The summed E-state index contributed by atoms with van der Waals surface area (Å²) >= 11 is 6.02. The highest BCUT2D eigenvalue weighted by atomic mass is 35.5. The van der Waals surface area contributed by atoms with Crippen LogP contribution >= 0.6 is 24.0 Å². The second-order valence-corrected chi connectivity index (χ2v) is 7.03. The van der Waals surface area contributed by atoms with Crippen molar-refractivity contribution in [2.24, 2.45) is 0 Å². The topological polar surface area (TPSA) is 52.9 Å². The molecule has 2 aromatic rings. The van der Waals surface area contributed by atoms with Gasteiger partial charge in [-0.1, -0.05) is 11.6 Å². The Morgan fingerprint density at radius 3 is 2.76 bits per heavy atom. The first-order chi connectivity index (χ1) is 11.7. The summed E-state index contributed by atoms with van der Waals surface area (Å²) in [4.78, 5) is 21.4. The average molecular weight is 384 g/mol. The molecule has 0 radical (unpaired) electrons. The number of amides is 1. The van der Waals surface area contributed by atoms with Gasteiger partial charge in [-0.15, -0.1) is 12.4 Å². The lowest BCUT2D eigenvalue weighted by molar-refractivity contribution is -0.134. The van der Waals surface area contributed by atoms with Crippen LogP contribution in [0.3, 0.4) is 0 Å². The number of fused-ring (bicyclic) bond motifs is 1. The molecule has 2 saturated heterocycles. The molecule has 1 N–H and O–H groups in total. The van der Waals surface area contributed by atoms with Gasteiger partial charge in [0.2, 0.25) is 5.91 Å². The van der Waals surface area contributed by atoms with Gasteiger partial charge in [0.1, 0.15) is 5.65 Å². The molecule has 1 atom stereocenters. The summed E-state index contributed by atoms with van der Waals surface area (Å²) in [5, 5.41) is 4.00. The van der Waals surface area contributed by atoms with Crippen LogP contribution in [0.25, 0.3) is 5.65 Å². The summed E-state index contributed by atoms with van der Waals surface area (Å²) in [6.07, 6.45) is 5.98. The second kappa shape index (κ2) is 7.91. The predicted molar refractivity (Wildman–Crippen MR) is 100 cm³/mol. The molecule has 1 amide bonds. The smallest absolute Gasteiger partial charge is 0.239 e.